The molecule has 7 heteroatoms. The van der Waals surface area contributed by atoms with Crippen LogP contribution in [0.1, 0.15) is 48.8 Å². The smallest absolute Gasteiger partial charge is 0.234 e. The number of benzene rings is 2. The van der Waals surface area contributed by atoms with Gasteiger partial charge in [-0.05, 0) is 51.3 Å². The first-order chi connectivity index (χ1) is 16.9. The fraction of sp³-hybridized carbons (Fsp3) is 0.321. The van der Waals surface area contributed by atoms with Crippen molar-refractivity contribution in [2.45, 2.75) is 46.0 Å². The molecule has 2 aromatic carbocycles. The van der Waals surface area contributed by atoms with Crippen LogP contribution in [0.4, 0.5) is 5.69 Å². The summed E-state index contributed by atoms with van der Waals surface area (Å²) in [4.78, 5) is 25.8. The molecule has 0 unspecified atom stereocenters. The van der Waals surface area contributed by atoms with Crippen molar-refractivity contribution in [2.24, 2.45) is 0 Å². The van der Waals surface area contributed by atoms with Gasteiger partial charge in [-0.3, -0.25) is 9.59 Å². The van der Waals surface area contributed by atoms with E-state index in [-0.39, 0.29) is 17.4 Å². The summed E-state index contributed by atoms with van der Waals surface area (Å²) >= 11 is 1.29. The highest BCUT2D eigenvalue weighted by Gasteiger charge is 2.38. The Balaban J connectivity index is 1.65. The summed E-state index contributed by atoms with van der Waals surface area (Å²) in [5.41, 5.74) is 5.63. The van der Waals surface area contributed by atoms with Crippen LogP contribution in [0.15, 0.2) is 64.3 Å². The van der Waals surface area contributed by atoms with Crippen LogP contribution in [-0.2, 0) is 9.59 Å². The minimum Gasteiger partial charge on any atom is -0.494 e. The van der Waals surface area contributed by atoms with Gasteiger partial charge in [0.1, 0.15) is 5.75 Å². The first-order valence-corrected chi connectivity index (χ1v) is 12.8. The van der Waals surface area contributed by atoms with Crippen molar-refractivity contribution in [3.05, 3.63) is 81.0 Å². The Labute approximate surface area is 210 Å². The molecule has 0 spiro atoms. The predicted molar refractivity (Wildman–Crippen MR) is 139 cm³/mol. The van der Waals surface area contributed by atoms with Gasteiger partial charge in [-0.2, -0.15) is 5.26 Å². The van der Waals surface area contributed by atoms with Gasteiger partial charge in [0.05, 0.1) is 34.9 Å². The number of nitriles is 1. The van der Waals surface area contributed by atoms with Crippen LogP contribution in [-0.4, -0.2) is 24.1 Å². The van der Waals surface area contributed by atoms with E-state index in [4.69, 9.17) is 4.74 Å². The number of aryl methyl sites for hydroxylation is 2. The first kappa shape index (κ1) is 24.6. The molecule has 180 valence electrons. The third kappa shape index (κ3) is 5.28. The number of dihydropyridines is 1. The molecule has 1 amide bonds. The van der Waals surface area contributed by atoms with Gasteiger partial charge in [0, 0.05) is 28.9 Å². The molecule has 2 N–H and O–H groups in total. The van der Waals surface area contributed by atoms with Crippen molar-refractivity contribution >= 4 is 29.1 Å². The largest absolute Gasteiger partial charge is 0.494 e. The predicted octanol–water partition coefficient (Wildman–Crippen LogP) is 5.50. The minimum absolute atomic E-state index is 0.0550. The number of carbonyl (C=O) groups is 2. The highest BCUT2D eigenvalue weighted by molar-refractivity contribution is 8.03. The number of ketones is 1. The average molecular weight is 488 g/mol. The Kier molecular flexibility index (Phi) is 7.62. The molecule has 0 radical (unpaired) electrons. The van der Waals surface area contributed by atoms with Gasteiger partial charge in [0.15, 0.2) is 5.78 Å². The van der Waals surface area contributed by atoms with Crippen LogP contribution in [0.25, 0.3) is 0 Å². The van der Waals surface area contributed by atoms with Gasteiger partial charge >= 0.3 is 0 Å². The molecule has 35 heavy (non-hydrogen) atoms. The molecule has 1 heterocycles. The molecule has 6 nitrogen and oxygen atoms in total. The Hall–Kier alpha value is -3.50. The second-order valence-electron chi connectivity index (χ2n) is 8.71. The highest BCUT2D eigenvalue weighted by atomic mass is 32.2. The quantitative estimate of drug-likeness (QED) is 0.536. The topological polar surface area (TPSA) is 91.2 Å². The SMILES string of the molecule is CCOc1ccccc1[C@H]1C(C#N)=C(SCC(=O)Nc2ccc(C)cc2C)NC2=C1C(=O)CCC2. The third-order valence-electron chi connectivity index (χ3n) is 6.20. The number of para-hydroxylation sites is 1. The normalized spacial score (nSPS) is 17.4. The van der Waals surface area contributed by atoms with Crippen molar-refractivity contribution in [3.8, 4) is 11.8 Å². The van der Waals surface area contributed by atoms with Gasteiger partial charge < -0.3 is 15.4 Å². The molecule has 4 rings (SSSR count). The summed E-state index contributed by atoms with van der Waals surface area (Å²) in [5.74, 6) is 0.185. The maximum atomic E-state index is 13.0. The molecule has 1 atom stereocenters. The Morgan fingerprint density at radius 1 is 1.23 bits per heavy atom. The summed E-state index contributed by atoms with van der Waals surface area (Å²) in [6.07, 6.45) is 1.96. The summed E-state index contributed by atoms with van der Waals surface area (Å²) in [7, 11) is 0. The number of amides is 1. The molecule has 0 aromatic heterocycles. The zero-order chi connectivity index (χ0) is 24.9. The Morgan fingerprint density at radius 3 is 2.77 bits per heavy atom. The second kappa shape index (κ2) is 10.8. The minimum atomic E-state index is -0.517. The first-order valence-electron chi connectivity index (χ1n) is 11.8. The zero-order valence-corrected chi connectivity index (χ0v) is 21.1. The van der Waals surface area contributed by atoms with Crippen molar-refractivity contribution in [3.63, 3.8) is 0 Å². The van der Waals surface area contributed by atoms with E-state index >= 15 is 0 Å². The van der Waals surface area contributed by atoms with E-state index in [1.807, 2.05) is 63.2 Å². The molecule has 1 aliphatic carbocycles. The number of hydrogen-bond acceptors (Lipinski definition) is 6. The summed E-state index contributed by atoms with van der Waals surface area (Å²) in [6.45, 7) is 6.36. The molecule has 0 bridgehead atoms. The molecule has 0 saturated carbocycles. The summed E-state index contributed by atoms with van der Waals surface area (Å²) < 4.78 is 5.86. The number of carbonyl (C=O) groups excluding carboxylic acids is 2. The van der Waals surface area contributed by atoms with Crippen LogP contribution < -0.4 is 15.4 Å². The lowest BCUT2D eigenvalue weighted by Crippen LogP contribution is -2.32. The van der Waals surface area contributed by atoms with E-state index in [0.29, 0.717) is 35.0 Å². The maximum Gasteiger partial charge on any atom is 0.234 e. The van der Waals surface area contributed by atoms with Gasteiger partial charge in [-0.1, -0.05) is 47.7 Å². The monoisotopic (exact) mass is 487 g/mol. The Morgan fingerprint density at radius 2 is 2.03 bits per heavy atom. The number of rotatable bonds is 7. The average Bonchev–Trinajstić information content (AvgIpc) is 2.84. The van der Waals surface area contributed by atoms with Gasteiger partial charge in [0.25, 0.3) is 0 Å². The van der Waals surface area contributed by atoms with E-state index in [0.717, 1.165) is 40.9 Å². The van der Waals surface area contributed by atoms with Crippen molar-refractivity contribution in [1.82, 2.24) is 5.32 Å². The number of nitrogens with zero attached hydrogens (tertiary/aromatic N) is 1. The van der Waals surface area contributed by atoms with Crippen LogP contribution in [0.2, 0.25) is 0 Å². The van der Waals surface area contributed by atoms with E-state index in [1.54, 1.807) is 0 Å². The van der Waals surface area contributed by atoms with E-state index in [1.165, 1.54) is 11.8 Å². The number of thioether (sulfide) groups is 1. The van der Waals surface area contributed by atoms with Crippen molar-refractivity contribution < 1.29 is 14.3 Å². The molecule has 0 fully saturated rings. The van der Waals surface area contributed by atoms with Gasteiger partial charge in [-0.15, -0.1) is 0 Å². The van der Waals surface area contributed by atoms with Crippen LogP contribution in [0, 0.1) is 25.2 Å². The highest BCUT2D eigenvalue weighted by Crippen LogP contribution is 2.46. The fourth-order valence-electron chi connectivity index (χ4n) is 4.63. The third-order valence-corrected chi connectivity index (χ3v) is 7.21. The molecular formula is C28H29N3O3S. The fourth-order valence-corrected chi connectivity index (χ4v) is 5.49. The molecule has 1 aliphatic heterocycles. The molecule has 2 aliphatic rings. The zero-order valence-electron chi connectivity index (χ0n) is 20.2. The molecular weight excluding hydrogens is 458 g/mol. The number of Topliss-reactive ketones (excluding diaryl/α,β-unsaturated/α-hetero) is 1. The number of ether oxygens (including phenoxy) is 1. The van der Waals surface area contributed by atoms with Crippen molar-refractivity contribution in [1.29, 1.82) is 5.26 Å². The van der Waals surface area contributed by atoms with Gasteiger partial charge in [0.2, 0.25) is 5.91 Å². The summed E-state index contributed by atoms with van der Waals surface area (Å²) in [6, 6.07) is 15.8. The van der Waals surface area contributed by atoms with Crippen LogP contribution >= 0.6 is 11.8 Å². The lowest BCUT2D eigenvalue weighted by atomic mass is 9.76. The second-order valence-corrected chi connectivity index (χ2v) is 9.69. The number of nitrogens with one attached hydrogen (secondary N) is 2. The van der Waals surface area contributed by atoms with E-state index in [2.05, 4.69) is 16.7 Å². The van der Waals surface area contributed by atoms with E-state index in [9.17, 15) is 14.9 Å². The maximum absolute atomic E-state index is 13.0. The number of anilines is 1. The lowest BCUT2D eigenvalue weighted by molar-refractivity contribution is -0.116. The lowest BCUT2D eigenvalue weighted by Gasteiger charge is -2.33. The van der Waals surface area contributed by atoms with Crippen LogP contribution in [0.3, 0.4) is 0 Å². The number of allylic oxidation sites excluding steroid dienone is 3. The molecule has 2 aromatic rings. The molecule has 0 saturated heterocycles. The van der Waals surface area contributed by atoms with Crippen molar-refractivity contribution in [2.75, 3.05) is 17.7 Å². The van der Waals surface area contributed by atoms with E-state index < -0.39 is 5.92 Å². The Bertz CT molecular complexity index is 1270. The number of hydrogen-bond donors (Lipinski definition) is 2. The standard InChI is InChI=1S/C28H29N3O3S/c1-4-34-24-11-6-5-8-19(24)26-20(15-29)28(31-22-9-7-10-23(32)27(22)26)35-16-25(33)30-21-13-12-17(2)14-18(21)3/h5-6,8,11-14,26,31H,4,7,9-10,16H2,1-3H3,(H,30,33)/t26-/m0/s1. The van der Waals surface area contributed by atoms with Crippen LogP contribution in [0.5, 0.6) is 5.75 Å². The van der Waals surface area contributed by atoms with Gasteiger partial charge in [-0.25, -0.2) is 0 Å². The summed E-state index contributed by atoms with van der Waals surface area (Å²) in [5, 5.41) is 17.1.